The van der Waals surface area contributed by atoms with Gasteiger partial charge in [-0.2, -0.15) is 0 Å². The van der Waals surface area contributed by atoms with Crippen LogP contribution in [0.4, 0.5) is 4.79 Å². The van der Waals surface area contributed by atoms with Crippen LogP contribution in [0.1, 0.15) is 39.8 Å². The summed E-state index contributed by atoms with van der Waals surface area (Å²) in [6, 6.07) is 20.3. The van der Waals surface area contributed by atoms with Crippen LogP contribution >= 0.6 is 0 Å². The molecular weight excluding hydrogens is 378 g/mol. The lowest BCUT2D eigenvalue weighted by molar-refractivity contribution is -0.139. The maximum atomic E-state index is 12.5. The number of hydrogen-bond acceptors (Lipinski definition) is 3. The Kier molecular flexibility index (Phi) is 5.27. The van der Waals surface area contributed by atoms with Crippen molar-refractivity contribution in [3.8, 4) is 11.1 Å². The molecule has 152 valence electrons. The van der Waals surface area contributed by atoms with Crippen molar-refractivity contribution in [2.45, 2.75) is 25.8 Å². The average molecular weight is 401 g/mol. The number of rotatable bonds is 5. The predicted molar refractivity (Wildman–Crippen MR) is 114 cm³/mol. The van der Waals surface area contributed by atoms with Gasteiger partial charge in [0.2, 0.25) is 0 Å². The fraction of sp³-hybridized carbons (Fsp3) is 0.200. The van der Waals surface area contributed by atoms with Crippen molar-refractivity contribution in [2.75, 3.05) is 6.61 Å². The number of aliphatic carboxylic acids is 1. The summed E-state index contributed by atoms with van der Waals surface area (Å²) in [6.45, 7) is 4.00. The molecule has 0 aromatic heterocycles. The Morgan fingerprint density at radius 3 is 2.10 bits per heavy atom. The van der Waals surface area contributed by atoms with E-state index in [0.717, 1.165) is 33.4 Å². The van der Waals surface area contributed by atoms with Crippen molar-refractivity contribution in [3.63, 3.8) is 0 Å². The Balaban J connectivity index is 1.49. The Hall–Kier alpha value is -3.60. The van der Waals surface area contributed by atoms with Gasteiger partial charge in [0.25, 0.3) is 0 Å². The number of ether oxygens (including phenoxy) is 1. The number of carbonyl (C=O) groups excluding carboxylic acids is 1. The highest BCUT2D eigenvalue weighted by atomic mass is 16.5. The first-order valence-corrected chi connectivity index (χ1v) is 9.87. The van der Waals surface area contributed by atoms with Gasteiger partial charge in [0, 0.05) is 5.92 Å². The van der Waals surface area contributed by atoms with Gasteiger partial charge in [-0.25, -0.2) is 9.59 Å². The number of carboxylic acid groups (broad SMARTS) is 1. The number of carbonyl (C=O) groups is 2. The van der Waals surface area contributed by atoms with E-state index in [1.54, 1.807) is 12.1 Å². The van der Waals surface area contributed by atoms with Crippen LogP contribution in [0.25, 0.3) is 11.1 Å². The van der Waals surface area contributed by atoms with Gasteiger partial charge in [-0.15, -0.1) is 0 Å². The molecule has 1 aliphatic rings. The fourth-order valence-electron chi connectivity index (χ4n) is 3.99. The molecular formula is C25H23NO4. The number of nitrogens with one attached hydrogen (secondary N) is 1. The minimum Gasteiger partial charge on any atom is -0.479 e. The quantitative estimate of drug-likeness (QED) is 0.633. The largest absolute Gasteiger partial charge is 0.479 e. The molecule has 0 spiro atoms. The molecule has 3 aromatic carbocycles. The molecule has 4 rings (SSSR count). The van der Waals surface area contributed by atoms with Gasteiger partial charge >= 0.3 is 12.1 Å². The number of amides is 1. The molecule has 1 amide bonds. The van der Waals surface area contributed by atoms with Gasteiger partial charge in [-0.1, -0.05) is 66.7 Å². The second kappa shape index (κ2) is 8.03. The molecule has 0 saturated heterocycles. The third-order valence-corrected chi connectivity index (χ3v) is 5.72. The van der Waals surface area contributed by atoms with Crippen LogP contribution in [0.15, 0.2) is 66.7 Å². The molecule has 1 aliphatic carbocycles. The molecule has 3 aromatic rings. The van der Waals surface area contributed by atoms with Crippen molar-refractivity contribution < 1.29 is 19.4 Å². The molecule has 0 aliphatic heterocycles. The van der Waals surface area contributed by atoms with Crippen LogP contribution < -0.4 is 5.32 Å². The van der Waals surface area contributed by atoms with Crippen LogP contribution in [-0.2, 0) is 9.53 Å². The van der Waals surface area contributed by atoms with Crippen LogP contribution in [0.3, 0.4) is 0 Å². The zero-order chi connectivity index (χ0) is 21.3. The summed E-state index contributed by atoms with van der Waals surface area (Å²) in [5.74, 6) is -1.21. The van der Waals surface area contributed by atoms with Gasteiger partial charge in [-0.3, -0.25) is 0 Å². The Morgan fingerprint density at radius 1 is 0.933 bits per heavy atom. The molecule has 30 heavy (non-hydrogen) atoms. The van der Waals surface area contributed by atoms with Crippen molar-refractivity contribution in [1.29, 1.82) is 0 Å². The normalized spacial score (nSPS) is 13.3. The summed E-state index contributed by atoms with van der Waals surface area (Å²) < 4.78 is 5.48. The van der Waals surface area contributed by atoms with E-state index in [-0.39, 0.29) is 12.5 Å². The van der Waals surface area contributed by atoms with Gasteiger partial charge in [0.15, 0.2) is 6.04 Å². The van der Waals surface area contributed by atoms with Crippen LogP contribution in [-0.4, -0.2) is 23.8 Å². The van der Waals surface area contributed by atoms with E-state index in [0.29, 0.717) is 5.56 Å². The summed E-state index contributed by atoms with van der Waals surface area (Å²) in [5.41, 5.74) is 7.03. The zero-order valence-corrected chi connectivity index (χ0v) is 16.9. The lowest BCUT2D eigenvalue weighted by Crippen LogP contribution is -2.34. The van der Waals surface area contributed by atoms with E-state index in [4.69, 9.17) is 4.74 Å². The monoisotopic (exact) mass is 401 g/mol. The lowest BCUT2D eigenvalue weighted by atomic mass is 9.98. The smallest absolute Gasteiger partial charge is 0.408 e. The molecule has 1 unspecified atom stereocenters. The minimum absolute atomic E-state index is 0.0759. The van der Waals surface area contributed by atoms with E-state index in [1.165, 1.54) is 0 Å². The first-order valence-electron chi connectivity index (χ1n) is 9.87. The average Bonchev–Trinajstić information content (AvgIpc) is 3.06. The van der Waals surface area contributed by atoms with E-state index in [1.807, 2.05) is 56.3 Å². The van der Waals surface area contributed by atoms with Crippen molar-refractivity contribution in [3.05, 3.63) is 94.5 Å². The summed E-state index contributed by atoms with van der Waals surface area (Å²) in [7, 11) is 0. The zero-order valence-electron chi connectivity index (χ0n) is 16.9. The maximum Gasteiger partial charge on any atom is 0.408 e. The highest BCUT2D eigenvalue weighted by Gasteiger charge is 2.30. The number of fused-ring (bicyclic) bond motifs is 3. The molecule has 5 heteroatoms. The topological polar surface area (TPSA) is 75.6 Å². The molecule has 2 N–H and O–H groups in total. The highest BCUT2D eigenvalue weighted by Crippen LogP contribution is 2.44. The predicted octanol–water partition coefficient (Wildman–Crippen LogP) is 4.97. The molecule has 1 atom stereocenters. The van der Waals surface area contributed by atoms with E-state index in [2.05, 4.69) is 17.4 Å². The van der Waals surface area contributed by atoms with Gasteiger partial charge < -0.3 is 15.2 Å². The molecule has 0 radical (unpaired) electrons. The van der Waals surface area contributed by atoms with Gasteiger partial charge in [-0.05, 0) is 52.8 Å². The standard InChI is InChI=1S/C25H23NO4/c1-15-11-12-17(13-16(15)2)23(24(27)28)26-25(29)30-14-22-20-9-5-3-7-18(20)19-8-4-6-10-21(19)22/h3-13,22-23H,14H2,1-2H3,(H,26,29)(H,27,28). The van der Waals surface area contributed by atoms with Crippen molar-refractivity contribution >= 4 is 12.1 Å². The number of aryl methyl sites for hydroxylation is 2. The SMILES string of the molecule is Cc1ccc(C(NC(=O)OCC2c3ccccc3-c3ccccc32)C(=O)O)cc1C. The molecule has 0 fully saturated rings. The molecule has 0 heterocycles. The van der Waals surface area contributed by atoms with Crippen molar-refractivity contribution in [1.82, 2.24) is 5.32 Å². The van der Waals surface area contributed by atoms with Crippen LogP contribution in [0.2, 0.25) is 0 Å². The molecule has 0 saturated carbocycles. The first kappa shape index (κ1) is 19.7. The van der Waals surface area contributed by atoms with Crippen LogP contribution in [0, 0.1) is 13.8 Å². The maximum absolute atomic E-state index is 12.5. The number of hydrogen-bond donors (Lipinski definition) is 2. The number of carboxylic acids is 1. The van der Waals surface area contributed by atoms with Gasteiger partial charge in [0.1, 0.15) is 6.61 Å². The third kappa shape index (κ3) is 3.66. The van der Waals surface area contributed by atoms with E-state index in [9.17, 15) is 14.7 Å². The second-order valence-corrected chi connectivity index (χ2v) is 7.58. The molecule has 5 nitrogen and oxygen atoms in total. The minimum atomic E-state index is -1.17. The highest BCUT2D eigenvalue weighted by molar-refractivity contribution is 5.82. The fourth-order valence-corrected chi connectivity index (χ4v) is 3.99. The molecule has 0 bridgehead atoms. The Bertz CT molecular complexity index is 1080. The summed E-state index contributed by atoms with van der Waals surface area (Å²) >= 11 is 0. The van der Waals surface area contributed by atoms with E-state index < -0.39 is 18.1 Å². The van der Waals surface area contributed by atoms with E-state index >= 15 is 0 Å². The summed E-state index contributed by atoms with van der Waals surface area (Å²) in [6.07, 6.45) is -0.748. The number of benzene rings is 3. The number of alkyl carbamates (subject to hydrolysis) is 1. The summed E-state index contributed by atoms with van der Waals surface area (Å²) in [4.78, 5) is 24.2. The Morgan fingerprint density at radius 2 is 1.53 bits per heavy atom. The second-order valence-electron chi connectivity index (χ2n) is 7.58. The van der Waals surface area contributed by atoms with Gasteiger partial charge in [0.05, 0.1) is 0 Å². The first-order chi connectivity index (χ1) is 14.5. The summed E-state index contributed by atoms with van der Waals surface area (Å²) in [5, 5.41) is 12.1. The lowest BCUT2D eigenvalue weighted by Gasteiger charge is -2.18. The Labute approximate surface area is 175 Å². The third-order valence-electron chi connectivity index (χ3n) is 5.72. The van der Waals surface area contributed by atoms with Crippen molar-refractivity contribution in [2.24, 2.45) is 0 Å². The van der Waals surface area contributed by atoms with Crippen LogP contribution in [0.5, 0.6) is 0 Å².